The van der Waals surface area contributed by atoms with Crippen LogP contribution in [0, 0.1) is 5.82 Å². The Morgan fingerprint density at radius 3 is 2.82 bits per heavy atom. The minimum absolute atomic E-state index is 0.158. The summed E-state index contributed by atoms with van der Waals surface area (Å²) in [6.45, 7) is 0.613. The van der Waals surface area contributed by atoms with Crippen molar-refractivity contribution in [3.05, 3.63) is 53.9 Å². The molecule has 1 aliphatic rings. The topological polar surface area (TPSA) is 56.2 Å². The van der Waals surface area contributed by atoms with Crippen LogP contribution in [-0.4, -0.2) is 28.2 Å². The van der Waals surface area contributed by atoms with Gasteiger partial charge in [-0.25, -0.2) is 9.37 Å². The van der Waals surface area contributed by atoms with E-state index in [1.54, 1.807) is 18.3 Å². The molecule has 1 saturated heterocycles. The largest absolute Gasteiger partial charge is 0.368 e. The fraction of sp³-hybridized carbons (Fsp3) is 0.375. The lowest BCUT2D eigenvalue weighted by atomic mass is 10.1. The van der Waals surface area contributed by atoms with Crippen LogP contribution >= 0.6 is 0 Å². The lowest BCUT2D eigenvalue weighted by molar-refractivity contribution is -0.130. The molecule has 2 atom stereocenters. The SMILES string of the molecule is Cn1ccnc1[C@H](NC(=O)[C@H]1CCCO1)c1ccc(F)cc1. The molecule has 1 amide bonds. The van der Waals surface area contributed by atoms with Crippen molar-refractivity contribution < 1.29 is 13.9 Å². The Morgan fingerprint density at radius 1 is 1.45 bits per heavy atom. The molecule has 0 unspecified atom stereocenters. The number of imidazole rings is 1. The van der Waals surface area contributed by atoms with Gasteiger partial charge in [-0.15, -0.1) is 0 Å². The van der Waals surface area contributed by atoms with Gasteiger partial charge in [0.1, 0.15) is 23.8 Å². The molecular weight excluding hydrogens is 285 g/mol. The monoisotopic (exact) mass is 303 g/mol. The molecule has 0 saturated carbocycles. The first-order valence-electron chi connectivity index (χ1n) is 7.30. The van der Waals surface area contributed by atoms with Crippen molar-refractivity contribution in [2.75, 3.05) is 6.61 Å². The molecule has 0 radical (unpaired) electrons. The Kier molecular flexibility index (Phi) is 4.20. The minimum atomic E-state index is -0.433. The van der Waals surface area contributed by atoms with E-state index in [9.17, 15) is 9.18 Å². The molecule has 5 nitrogen and oxygen atoms in total. The quantitative estimate of drug-likeness (QED) is 0.939. The standard InChI is InChI=1S/C16H18FN3O2/c1-20-9-8-18-15(20)14(11-4-6-12(17)7-5-11)19-16(21)13-3-2-10-22-13/h4-9,13-14H,2-3,10H2,1H3,(H,19,21)/t13-,14-/m1/s1. The van der Waals surface area contributed by atoms with Crippen molar-refractivity contribution in [1.29, 1.82) is 0 Å². The van der Waals surface area contributed by atoms with E-state index in [4.69, 9.17) is 4.74 Å². The summed E-state index contributed by atoms with van der Waals surface area (Å²) in [6.07, 6.45) is 4.68. The minimum Gasteiger partial charge on any atom is -0.368 e. The molecule has 0 bridgehead atoms. The molecule has 6 heteroatoms. The maximum atomic E-state index is 13.2. The van der Waals surface area contributed by atoms with Crippen molar-refractivity contribution in [2.45, 2.75) is 25.0 Å². The van der Waals surface area contributed by atoms with Crippen LogP contribution in [0.2, 0.25) is 0 Å². The summed E-state index contributed by atoms with van der Waals surface area (Å²) >= 11 is 0. The molecule has 3 rings (SSSR count). The molecule has 1 aliphatic heterocycles. The summed E-state index contributed by atoms with van der Waals surface area (Å²) in [4.78, 5) is 16.7. The molecule has 1 aromatic carbocycles. The smallest absolute Gasteiger partial charge is 0.249 e. The average molecular weight is 303 g/mol. The molecule has 116 valence electrons. The van der Waals surface area contributed by atoms with E-state index in [1.807, 2.05) is 17.8 Å². The Bertz CT molecular complexity index is 648. The van der Waals surface area contributed by atoms with Crippen LogP contribution in [0.3, 0.4) is 0 Å². The predicted octanol–water partition coefficient (Wildman–Crippen LogP) is 1.94. The summed E-state index contributed by atoms with van der Waals surface area (Å²) in [7, 11) is 1.86. The van der Waals surface area contributed by atoms with E-state index in [0.29, 0.717) is 12.4 Å². The third-order valence-electron chi connectivity index (χ3n) is 3.83. The number of amides is 1. The van der Waals surface area contributed by atoms with Crippen LogP contribution in [0.25, 0.3) is 0 Å². The number of carbonyl (C=O) groups excluding carboxylic acids is 1. The number of benzene rings is 1. The van der Waals surface area contributed by atoms with E-state index in [2.05, 4.69) is 10.3 Å². The Labute approximate surface area is 128 Å². The van der Waals surface area contributed by atoms with Gasteiger partial charge in [-0.05, 0) is 30.5 Å². The highest BCUT2D eigenvalue weighted by Crippen LogP contribution is 2.22. The second kappa shape index (κ2) is 6.27. The van der Waals surface area contributed by atoms with Gasteiger partial charge in [0.15, 0.2) is 0 Å². The summed E-state index contributed by atoms with van der Waals surface area (Å²) in [6, 6.07) is 5.64. The molecule has 1 aromatic heterocycles. The number of aromatic nitrogens is 2. The van der Waals surface area contributed by atoms with E-state index < -0.39 is 12.1 Å². The third kappa shape index (κ3) is 3.01. The molecule has 1 fully saturated rings. The first-order valence-corrected chi connectivity index (χ1v) is 7.30. The van der Waals surface area contributed by atoms with Crippen LogP contribution < -0.4 is 5.32 Å². The highest BCUT2D eigenvalue weighted by Gasteiger charge is 2.28. The Hall–Kier alpha value is -2.21. The second-order valence-electron chi connectivity index (χ2n) is 5.39. The highest BCUT2D eigenvalue weighted by molar-refractivity contribution is 5.81. The van der Waals surface area contributed by atoms with Gasteiger partial charge in [0.25, 0.3) is 0 Å². The maximum absolute atomic E-state index is 13.2. The van der Waals surface area contributed by atoms with Crippen molar-refractivity contribution in [3.63, 3.8) is 0 Å². The van der Waals surface area contributed by atoms with Gasteiger partial charge in [0.05, 0.1) is 0 Å². The Balaban J connectivity index is 1.87. The zero-order chi connectivity index (χ0) is 15.5. The number of hydrogen-bond donors (Lipinski definition) is 1. The van der Waals surface area contributed by atoms with Crippen LogP contribution in [0.5, 0.6) is 0 Å². The predicted molar refractivity (Wildman–Crippen MR) is 78.6 cm³/mol. The maximum Gasteiger partial charge on any atom is 0.249 e. The second-order valence-corrected chi connectivity index (χ2v) is 5.39. The zero-order valence-electron chi connectivity index (χ0n) is 12.3. The number of ether oxygens (including phenoxy) is 1. The van der Waals surface area contributed by atoms with Crippen LogP contribution in [0.4, 0.5) is 4.39 Å². The number of carbonyl (C=O) groups is 1. The normalized spacial score (nSPS) is 19.1. The fourth-order valence-corrected chi connectivity index (χ4v) is 2.63. The van der Waals surface area contributed by atoms with Crippen molar-refractivity contribution in [2.24, 2.45) is 7.05 Å². The van der Waals surface area contributed by atoms with Gasteiger partial charge in [-0.3, -0.25) is 4.79 Å². The number of rotatable bonds is 4. The van der Waals surface area contributed by atoms with E-state index in [0.717, 1.165) is 18.4 Å². The number of nitrogens with zero attached hydrogens (tertiary/aromatic N) is 2. The highest BCUT2D eigenvalue weighted by atomic mass is 19.1. The number of halogens is 1. The summed E-state index contributed by atoms with van der Waals surface area (Å²) in [5.41, 5.74) is 0.780. The lowest BCUT2D eigenvalue weighted by Crippen LogP contribution is -2.38. The Morgan fingerprint density at radius 2 is 2.23 bits per heavy atom. The summed E-state index contributed by atoms with van der Waals surface area (Å²) in [5.74, 6) is 0.223. The molecule has 2 aromatic rings. The van der Waals surface area contributed by atoms with Crippen molar-refractivity contribution in [3.8, 4) is 0 Å². The van der Waals surface area contributed by atoms with Crippen LogP contribution in [0.15, 0.2) is 36.7 Å². The van der Waals surface area contributed by atoms with Gasteiger partial charge in [0.2, 0.25) is 5.91 Å². The number of nitrogens with one attached hydrogen (secondary N) is 1. The lowest BCUT2D eigenvalue weighted by Gasteiger charge is -2.21. The van der Waals surface area contributed by atoms with Crippen LogP contribution in [0.1, 0.15) is 30.3 Å². The van der Waals surface area contributed by atoms with E-state index >= 15 is 0 Å². The third-order valence-corrected chi connectivity index (χ3v) is 3.83. The van der Waals surface area contributed by atoms with Gasteiger partial charge < -0.3 is 14.6 Å². The van der Waals surface area contributed by atoms with Crippen LogP contribution in [-0.2, 0) is 16.6 Å². The first-order chi connectivity index (χ1) is 10.6. The molecule has 22 heavy (non-hydrogen) atoms. The van der Waals surface area contributed by atoms with Gasteiger partial charge in [-0.1, -0.05) is 12.1 Å². The van der Waals surface area contributed by atoms with E-state index in [-0.39, 0.29) is 11.7 Å². The number of aryl methyl sites for hydroxylation is 1. The first kappa shape index (κ1) is 14.7. The van der Waals surface area contributed by atoms with Crippen molar-refractivity contribution in [1.82, 2.24) is 14.9 Å². The molecular formula is C16H18FN3O2. The van der Waals surface area contributed by atoms with Gasteiger partial charge in [0, 0.05) is 26.0 Å². The zero-order valence-corrected chi connectivity index (χ0v) is 12.3. The molecule has 2 heterocycles. The summed E-state index contributed by atoms with van der Waals surface area (Å²) < 4.78 is 20.4. The summed E-state index contributed by atoms with van der Waals surface area (Å²) in [5, 5.41) is 2.97. The van der Waals surface area contributed by atoms with Gasteiger partial charge in [-0.2, -0.15) is 0 Å². The molecule has 0 aliphatic carbocycles. The molecule has 1 N–H and O–H groups in total. The number of hydrogen-bond acceptors (Lipinski definition) is 3. The fourth-order valence-electron chi connectivity index (χ4n) is 2.63. The average Bonchev–Trinajstić information content (AvgIpc) is 3.17. The van der Waals surface area contributed by atoms with E-state index in [1.165, 1.54) is 12.1 Å². The van der Waals surface area contributed by atoms with Gasteiger partial charge >= 0.3 is 0 Å². The molecule has 0 spiro atoms. The van der Waals surface area contributed by atoms with Crippen molar-refractivity contribution >= 4 is 5.91 Å².